The van der Waals surface area contributed by atoms with Crippen LogP contribution in [0.4, 0.5) is 0 Å². The predicted octanol–water partition coefficient (Wildman–Crippen LogP) is 2.02. The van der Waals surface area contributed by atoms with Gasteiger partial charge in [-0.1, -0.05) is 25.1 Å². The Morgan fingerprint density at radius 3 is 2.16 bits per heavy atom. The summed E-state index contributed by atoms with van der Waals surface area (Å²) in [7, 11) is 0. The molecule has 1 aromatic carbocycles. The van der Waals surface area contributed by atoms with E-state index in [2.05, 4.69) is 0 Å². The molecule has 0 radical (unpaired) electrons. The summed E-state index contributed by atoms with van der Waals surface area (Å²) in [6.07, 6.45) is -8.03. The first-order chi connectivity index (χ1) is 20.9. The van der Waals surface area contributed by atoms with Crippen LogP contribution in [0.2, 0.25) is 0 Å². The first-order valence-electron chi connectivity index (χ1n) is 15.1. The number of hydrogen-bond donors (Lipinski definition) is 3. The van der Waals surface area contributed by atoms with Gasteiger partial charge < -0.3 is 39.0 Å². The molecule has 1 aromatic rings. The summed E-state index contributed by atoms with van der Waals surface area (Å²) in [6.45, 7) is 9.85. The lowest BCUT2D eigenvalue weighted by molar-refractivity contribution is -0.248. The number of aliphatic hydroxyl groups excluding tert-OH is 2. The third-order valence-electron chi connectivity index (χ3n) is 10.6. The summed E-state index contributed by atoms with van der Waals surface area (Å²) in [5.74, 6) is -3.99. The van der Waals surface area contributed by atoms with Gasteiger partial charge in [0.05, 0.1) is 41.3 Å². The van der Waals surface area contributed by atoms with Crippen LogP contribution >= 0.6 is 0 Å². The van der Waals surface area contributed by atoms with Crippen LogP contribution in [-0.2, 0) is 38.1 Å². The molecule has 3 fully saturated rings. The smallest absolute Gasteiger partial charge is 0.338 e. The topological polar surface area (TPSA) is 175 Å². The van der Waals surface area contributed by atoms with Crippen LogP contribution < -0.4 is 0 Å². The molecule has 0 bridgehead atoms. The Kier molecular flexibility index (Phi) is 8.21. The van der Waals surface area contributed by atoms with Gasteiger partial charge in [0, 0.05) is 33.1 Å². The third-order valence-corrected chi connectivity index (χ3v) is 10.6. The van der Waals surface area contributed by atoms with E-state index in [1.165, 1.54) is 20.8 Å². The normalized spacial score (nSPS) is 38.8. The van der Waals surface area contributed by atoms with Crippen molar-refractivity contribution in [3.63, 3.8) is 0 Å². The van der Waals surface area contributed by atoms with Gasteiger partial charge in [-0.05, 0) is 50.5 Å². The highest BCUT2D eigenvalue weighted by Gasteiger charge is 2.79. The highest BCUT2D eigenvalue weighted by atomic mass is 16.6. The lowest BCUT2D eigenvalue weighted by Crippen LogP contribution is -2.70. The fourth-order valence-electron chi connectivity index (χ4n) is 8.80. The summed E-state index contributed by atoms with van der Waals surface area (Å²) < 4.78 is 30.6. The van der Waals surface area contributed by atoms with E-state index in [1.807, 2.05) is 0 Å². The van der Waals surface area contributed by atoms with E-state index in [-0.39, 0.29) is 25.0 Å². The van der Waals surface area contributed by atoms with Crippen LogP contribution in [0.5, 0.6) is 0 Å². The van der Waals surface area contributed by atoms with Gasteiger partial charge in [0.25, 0.3) is 0 Å². The van der Waals surface area contributed by atoms with Crippen molar-refractivity contribution < 1.29 is 58.2 Å². The lowest BCUT2D eigenvalue weighted by Gasteiger charge is -2.56. The zero-order valence-electron chi connectivity index (χ0n) is 26.6. The minimum atomic E-state index is -1.96. The Morgan fingerprint density at radius 1 is 0.956 bits per heavy atom. The summed E-state index contributed by atoms with van der Waals surface area (Å²) in [4.78, 5) is 51.8. The first kappa shape index (κ1) is 33.1. The van der Waals surface area contributed by atoms with Crippen molar-refractivity contribution in [3.05, 3.63) is 47.0 Å². The molecule has 1 aliphatic heterocycles. The fourth-order valence-corrected chi connectivity index (χ4v) is 8.80. The van der Waals surface area contributed by atoms with Gasteiger partial charge in [-0.15, -0.1) is 0 Å². The highest BCUT2D eigenvalue weighted by Crippen LogP contribution is 2.69. The van der Waals surface area contributed by atoms with Crippen LogP contribution in [0.3, 0.4) is 0 Å². The molecule has 4 aliphatic rings. The molecule has 246 valence electrons. The lowest BCUT2D eigenvalue weighted by atomic mass is 9.52. The van der Waals surface area contributed by atoms with Crippen molar-refractivity contribution in [3.8, 4) is 0 Å². The van der Waals surface area contributed by atoms with Gasteiger partial charge in [-0.2, -0.15) is 0 Å². The molecule has 0 amide bonds. The maximum absolute atomic E-state index is 13.8. The molecule has 12 heteroatoms. The van der Waals surface area contributed by atoms with Gasteiger partial charge in [0.15, 0.2) is 12.2 Å². The number of ether oxygens (including phenoxy) is 5. The minimum Gasteiger partial charge on any atom is -0.462 e. The van der Waals surface area contributed by atoms with E-state index < -0.39 is 88.5 Å². The SMILES string of the molecule is CC(=O)OC1CC(O)C2(O)COC3C2C1(C)C(OC(C)=O)C(OC(=O)c1ccccc1)C1=C(C)C(O)CC13C(C)(C)OC(C)=O. The van der Waals surface area contributed by atoms with Crippen molar-refractivity contribution in [1.29, 1.82) is 0 Å². The monoisotopic (exact) mass is 630 g/mol. The maximum atomic E-state index is 13.8. The highest BCUT2D eigenvalue weighted by molar-refractivity contribution is 5.89. The molecule has 45 heavy (non-hydrogen) atoms. The molecular formula is C33H42O12. The van der Waals surface area contributed by atoms with Crippen LogP contribution in [-0.4, -0.2) is 93.6 Å². The number of fused-ring (bicyclic) bond motifs is 2. The number of rotatable bonds is 6. The molecule has 10 atom stereocenters. The third kappa shape index (κ3) is 4.88. The van der Waals surface area contributed by atoms with E-state index in [1.54, 1.807) is 58.0 Å². The van der Waals surface area contributed by atoms with E-state index in [4.69, 9.17) is 23.7 Å². The number of carbonyl (C=O) groups is 4. The van der Waals surface area contributed by atoms with Crippen LogP contribution in [0.25, 0.3) is 0 Å². The molecule has 0 spiro atoms. The van der Waals surface area contributed by atoms with E-state index in [0.717, 1.165) is 0 Å². The second kappa shape index (κ2) is 11.2. The second-order valence-electron chi connectivity index (χ2n) is 13.5. The average Bonchev–Trinajstić information content (AvgIpc) is 3.42. The second-order valence-corrected chi connectivity index (χ2v) is 13.5. The van der Waals surface area contributed by atoms with Gasteiger partial charge in [-0.25, -0.2) is 4.79 Å². The van der Waals surface area contributed by atoms with Crippen LogP contribution in [0.15, 0.2) is 41.5 Å². The van der Waals surface area contributed by atoms with E-state index >= 15 is 0 Å². The van der Waals surface area contributed by atoms with Gasteiger partial charge in [0.2, 0.25) is 0 Å². The Labute approximate surface area is 261 Å². The molecule has 3 aliphatic carbocycles. The summed E-state index contributed by atoms with van der Waals surface area (Å²) in [6, 6.07) is 8.15. The molecule has 1 saturated heterocycles. The van der Waals surface area contributed by atoms with Crippen molar-refractivity contribution in [2.75, 3.05) is 6.61 Å². The molecular weight excluding hydrogens is 588 g/mol. The summed E-state index contributed by atoms with van der Waals surface area (Å²) in [5.41, 5.74) is -5.60. The Bertz CT molecular complexity index is 1420. The summed E-state index contributed by atoms with van der Waals surface area (Å²) >= 11 is 0. The zero-order chi connectivity index (χ0) is 33.3. The number of aliphatic hydroxyl groups is 3. The first-order valence-corrected chi connectivity index (χ1v) is 15.1. The minimum absolute atomic E-state index is 0.0811. The zero-order valence-corrected chi connectivity index (χ0v) is 26.6. The van der Waals surface area contributed by atoms with Crippen LogP contribution in [0, 0.1) is 16.7 Å². The molecule has 10 unspecified atom stereocenters. The predicted molar refractivity (Wildman–Crippen MR) is 155 cm³/mol. The van der Waals surface area contributed by atoms with Gasteiger partial charge in [0.1, 0.15) is 17.3 Å². The van der Waals surface area contributed by atoms with E-state index in [9.17, 15) is 34.5 Å². The Hall–Kier alpha value is -3.32. The van der Waals surface area contributed by atoms with Crippen LogP contribution in [0.1, 0.15) is 71.7 Å². The van der Waals surface area contributed by atoms with Crippen molar-refractivity contribution in [2.24, 2.45) is 16.7 Å². The Morgan fingerprint density at radius 2 is 1.58 bits per heavy atom. The van der Waals surface area contributed by atoms with Crippen molar-refractivity contribution >= 4 is 23.9 Å². The van der Waals surface area contributed by atoms with Crippen molar-refractivity contribution in [1.82, 2.24) is 0 Å². The number of hydrogen-bond acceptors (Lipinski definition) is 12. The van der Waals surface area contributed by atoms with Gasteiger partial charge >= 0.3 is 23.9 Å². The maximum Gasteiger partial charge on any atom is 0.338 e. The number of carbonyl (C=O) groups excluding carboxylic acids is 4. The molecule has 3 N–H and O–H groups in total. The van der Waals surface area contributed by atoms with E-state index in [0.29, 0.717) is 11.1 Å². The quantitative estimate of drug-likeness (QED) is 0.237. The number of benzene rings is 1. The standard InChI is InChI=1S/C33H42O12/c1-16-21(37)14-32(30(5,6)45-19(4)36)24(16)25(44-29(39)20-11-9-8-10-12-20)27(43-18(3)35)31(7)23(42-17(2)34)13-22(38)33(40)15-41-28(32)26(31)33/h8-12,21-23,25-28,37-38,40H,13-15H2,1-7H3. The van der Waals surface area contributed by atoms with Gasteiger partial charge in [-0.3, -0.25) is 14.4 Å². The molecule has 0 aromatic heterocycles. The number of esters is 4. The average molecular weight is 631 g/mol. The molecule has 5 rings (SSSR count). The summed E-state index contributed by atoms with van der Waals surface area (Å²) in [5, 5.41) is 35.2. The molecule has 12 nitrogen and oxygen atoms in total. The molecule has 2 saturated carbocycles. The molecule has 1 heterocycles. The fraction of sp³-hybridized carbons (Fsp3) is 0.636. The Balaban J connectivity index is 1.88. The van der Waals surface area contributed by atoms with Crippen molar-refractivity contribution in [2.45, 2.75) is 109 Å². The largest absolute Gasteiger partial charge is 0.462 e.